The number of hydrazone groups is 1. The summed E-state index contributed by atoms with van der Waals surface area (Å²) in [6.07, 6.45) is 0. The molecule has 0 aliphatic carbocycles. The summed E-state index contributed by atoms with van der Waals surface area (Å²) in [6.45, 7) is 3.44. The number of hydrogen-bond acceptors (Lipinski definition) is 3. The predicted octanol–water partition coefficient (Wildman–Crippen LogP) is 3.48. The molecule has 4 nitrogen and oxygen atoms in total. The molecule has 0 aliphatic heterocycles. The van der Waals surface area contributed by atoms with Crippen molar-refractivity contribution in [2.75, 3.05) is 10.7 Å². The van der Waals surface area contributed by atoms with E-state index >= 15 is 0 Å². The molecule has 0 fully saturated rings. The summed E-state index contributed by atoms with van der Waals surface area (Å²) in [7, 11) is 0. The summed E-state index contributed by atoms with van der Waals surface area (Å²) in [5, 5.41) is 7.05. The number of carbonyl (C=O) groups excluding carboxylic acids is 1. The Hall–Kier alpha value is -2.62. The van der Waals surface area contributed by atoms with Crippen molar-refractivity contribution in [3.8, 4) is 0 Å². The molecule has 2 rings (SSSR count). The van der Waals surface area contributed by atoms with Crippen LogP contribution in [0.3, 0.4) is 0 Å². The summed E-state index contributed by atoms with van der Waals surface area (Å²) in [5.74, 6) is -0.0800. The maximum Gasteiger partial charge on any atom is 0.221 e. The lowest BCUT2D eigenvalue weighted by Gasteiger charge is -2.05. The number of rotatable bonds is 4. The van der Waals surface area contributed by atoms with E-state index < -0.39 is 0 Å². The SMILES string of the molecule is CC(=O)Nc1ccc(NN=C(C)c2ccccc2)cc1. The fraction of sp³-hybridized carbons (Fsp3) is 0.125. The van der Waals surface area contributed by atoms with Crippen LogP contribution >= 0.6 is 0 Å². The van der Waals surface area contributed by atoms with E-state index in [1.165, 1.54) is 6.92 Å². The van der Waals surface area contributed by atoms with Crippen LogP contribution in [0.1, 0.15) is 19.4 Å². The minimum absolute atomic E-state index is 0.0800. The van der Waals surface area contributed by atoms with Gasteiger partial charge in [0.2, 0.25) is 5.91 Å². The van der Waals surface area contributed by atoms with E-state index in [1.54, 1.807) is 0 Å². The molecule has 2 N–H and O–H groups in total. The highest BCUT2D eigenvalue weighted by molar-refractivity contribution is 5.99. The van der Waals surface area contributed by atoms with Crippen molar-refractivity contribution in [1.82, 2.24) is 0 Å². The summed E-state index contributed by atoms with van der Waals surface area (Å²) in [6, 6.07) is 17.4. The molecule has 0 aromatic heterocycles. The van der Waals surface area contributed by atoms with Crippen molar-refractivity contribution in [1.29, 1.82) is 0 Å². The first-order chi connectivity index (χ1) is 9.65. The average molecular weight is 267 g/mol. The van der Waals surface area contributed by atoms with Crippen LogP contribution in [0.4, 0.5) is 11.4 Å². The van der Waals surface area contributed by atoms with E-state index in [0.717, 1.165) is 22.6 Å². The maximum absolute atomic E-state index is 10.9. The zero-order valence-corrected chi connectivity index (χ0v) is 11.6. The molecule has 102 valence electrons. The highest BCUT2D eigenvalue weighted by atomic mass is 16.1. The minimum atomic E-state index is -0.0800. The summed E-state index contributed by atoms with van der Waals surface area (Å²) >= 11 is 0. The topological polar surface area (TPSA) is 53.5 Å². The highest BCUT2D eigenvalue weighted by Gasteiger charge is 1.97. The van der Waals surface area contributed by atoms with Gasteiger partial charge in [-0.3, -0.25) is 10.2 Å². The van der Waals surface area contributed by atoms with Gasteiger partial charge in [-0.25, -0.2) is 0 Å². The maximum atomic E-state index is 10.9. The van der Waals surface area contributed by atoms with Gasteiger partial charge in [-0.2, -0.15) is 5.10 Å². The van der Waals surface area contributed by atoms with Gasteiger partial charge in [0, 0.05) is 12.6 Å². The van der Waals surface area contributed by atoms with Crippen LogP contribution in [0.15, 0.2) is 59.7 Å². The van der Waals surface area contributed by atoms with Crippen LogP contribution in [-0.4, -0.2) is 11.6 Å². The van der Waals surface area contributed by atoms with E-state index in [2.05, 4.69) is 15.8 Å². The fourth-order valence-corrected chi connectivity index (χ4v) is 1.72. The Morgan fingerprint density at radius 2 is 1.50 bits per heavy atom. The second-order valence-electron chi connectivity index (χ2n) is 4.43. The molecule has 0 saturated heterocycles. The molecular weight excluding hydrogens is 250 g/mol. The van der Waals surface area contributed by atoms with Gasteiger partial charge < -0.3 is 5.32 Å². The number of amides is 1. The molecule has 1 amide bonds. The summed E-state index contributed by atoms with van der Waals surface area (Å²) in [4.78, 5) is 10.9. The van der Waals surface area contributed by atoms with E-state index in [0.29, 0.717) is 0 Å². The Morgan fingerprint density at radius 3 is 2.10 bits per heavy atom. The molecule has 20 heavy (non-hydrogen) atoms. The first-order valence-corrected chi connectivity index (χ1v) is 6.38. The van der Waals surface area contributed by atoms with Gasteiger partial charge in [-0.15, -0.1) is 0 Å². The first-order valence-electron chi connectivity index (χ1n) is 6.38. The van der Waals surface area contributed by atoms with Crippen molar-refractivity contribution in [2.24, 2.45) is 5.10 Å². The van der Waals surface area contributed by atoms with E-state index in [4.69, 9.17) is 0 Å². The summed E-state index contributed by atoms with van der Waals surface area (Å²) in [5.41, 5.74) is 6.63. The molecule has 2 aromatic rings. The minimum Gasteiger partial charge on any atom is -0.326 e. The lowest BCUT2D eigenvalue weighted by Crippen LogP contribution is -2.05. The summed E-state index contributed by atoms with van der Waals surface area (Å²) < 4.78 is 0. The largest absolute Gasteiger partial charge is 0.326 e. The zero-order chi connectivity index (χ0) is 14.4. The van der Waals surface area contributed by atoms with Gasteiger partial charge in [-0.05, 0) is 36.8 Å². The molecule has 0 spiro atoms. The predicted molar refractivity (Wildman–Crippen MR) is 83.0 cm³/mol. The van der Waals surface area contributed by atoms with Crippen molar-refractivity contribution >= 4 is 23.0 Å². The van der Waals surface area contributed by atoms with Gasteiger partial charge in [-0.1, -0.05) is 30.3 Å². The number of carbonyl (C=O) groups is 1. The van der Waals surface area contributed by atoms with Gasteiger partial charge in [0.1, 0.15) is 0 Å². The molecular formula is C16H17N3O. The Morgan fingerprint density at radius 1 is 0.900 bits per heavy atom. The third kappa shape index (κ3) is 3.95. The molecule has 0 saturated carbocycles. The number of anilines is 2. The van der Waals surface area contributed by atoms with E-state index in [1.807, 2.05) is 61.5 Å². The number of benzene rings is 2. The van der Waals surface area contributed by atoms with Crippen molar-refractivity contribution in [3.05, 3.63) is 60.2 Å². The van der Waals surface area contributed by atoms with Crippen LogP contribution in [-0.2, 0) is 4.79 Å². The Kier molecular flexibility index (Phi) is 4.50. The zero-order valence-electron chi connectivity index (χ0n) is 11.6. The van der Waals surface area contributed by atoms with Crippen molar-refractivity contribution in [3.63, 3.8) is 0 Å². The second kappa shape index (κ2) is 6.52. The van der Waals surface area contributed by atoms with Crippen LogP contribution in [0, 0.1) is 0 Å². The molecule has 0 radical (unpaired) electrons. The molecule has 4 heteroatoms. The van der Waals surface area contributed by atoms with Crippen molar-refractivity contribution in [2.45, 2.75) is 13.8 Å². The quantitative estimate of drug-likeness (QED) is 0.658. The third-order valence-corrected chi connectivity index (χ3v) is 2.75. The van der Waals surface area contributed by atoms with Crippen molar-refractivity contribution < 1.29 is 4.79 Å². The Labute approximate surface area is 118 Å². The molecule has 0 unspecified atom stereocenters. The number of hydrogen-bond donors (Lipinski definition) is 2. The van der Waals surface area contributed by atoms with Crippen LogP contribution < -0.4 is 10.7 Å². The van der Waals surface area contributed by atoms with E-state index in [-0.39, 0.29) is 5.91 Å². The fourth-order valence-electron chi connectivity index (χ4n) is 1.72. The second-order valence-corrected chi connectivity index (χ2v) is 4.43. The first kappa shape index (κ1) is 13.8. The van der Waals surface area contributed by atoms with Crippen LogP contribution in [0.25, 0.3) is 0 Å². The van der Waals surface area contributed by atoms with Crippen LogP contribution in [0.5, 0.6) is 0 Å². The number of nitrogens with one attached hydrogen (secondary N) is 2. The average Bonchev–Trinajstić information content (AvgIpc) is 2.46. The highest BCUT2D eigenvalue weighted by Crippen LogP contribution is 2.13. The lowest BCUT2D eigenvalue weighted by atomic mass is 10.1. The Balaban J connectivity index is 2.02. The Bertz CT molecular complexity index is 603. The van der Waals surface area contributed by atoms with Gasteiger partial charge >= 0.3 is 0 Å². The monoisotopic (exact) mass is 267 g/mol. The molecule has 2 aromatic carbocycles. The molecule has 0 aliphatic rings. The van der Waals surface area contributed by atoms with Gasteiger partial charge in [0.25, 0.3) is 0 Å². The van der Waals surface area contributed by atoms with E-state index in [9.17, 15) is 4.79 Å². The molecule has 0 atom stereocenters. The van der Waals surface area contributed by atoms with Gasteiger partial charge in [0.15, 0.2) is 0 Å². The standard InChI is InChI=1S/C16H17N3O/c1-12(14-6-4-3-5-7-14)18-19-16-10-8-15(9-11-16)17-13(2)20/h3-11,19H,1-2H3,(H,17,20). The third-order valence-electron chi connectivity index (χ3n) is 2.75. The smallest absolute Gasteiger partial charge is 0.221 e. The molecule has 0 bridgehead atoms. The van der Waals surface area contributed by atoms with Gasteiger partial charge in [0.05, 0.1) is 11.4 Å². The molecule has 0 heterocycles. The number of nitrogens with zero attached hydrogens (tertiary/aromatic N) is 1. The van der Waals surface area contributed by atoms with Crippen LogP contribution in [0.2, 0.25) is 0 Å². The lowest BCUT2D eigenvalue weighted by molar-refractivity contribution is -0.114. The normalized spacial score (nSPS) is 11.0.